The molecule has 0 nitrogen and oxygen atoms in total. The second-order valence-corrected chi connectivity index (χ2v) is 42.7. The predicted octanol–water partition coefficient (Wildman–Crippen LogP) is 26.5. The number of fused-ring (bicyclic) bond motifs is 8. The van der Waals surface area contributed by atoms with Gasteiger partial charge in [0.2, 0.25) is 0 Å². The molecule has 0 aliphatic carbocycles. The van der Waals surface area contributed by atoms with Gasteiger partial charge in [0.1, 0.15) is 0 Å². The number of aryl methyl sites for hydroxylation is 4. The van der Waals surface area contributed by atoms with E-state index in [2.05, 4.69) is 345 Å². The monoisotopic (exact) mass is 1490 g/mol. The molecule has 0 radical (unpaired) electrons. The summed E-state index contributed by atoms with van der Waals surface area (Å²) in [5, 5.41) is 21.2. The second kappa shape index (κ2) is 35.5. The summed E-state index contributed by atoms with van der Waals surface area (Å²) in [5.74, 6) is 0. The van der Waals surface area contributed by atoms with Crippen molar-refractivity contribution < 1.29 is 46.7 Å². The van der Waals surface area contributed by atoms with Gasteiger partial charge in [0.05, 0.1) is 0 Å². The van der Waals surface area contributed by atoms with Crippen LogP contribution >= 0.6 is 49.6 Å². The summed E-state index contributed by atoms with van der Waals surface area (Å²) in [6, 6.07) is 106. The molecule has 0 spiro atoms. The van der Waals surface area contributed by atoms with Gasteiger partial charge in [-0.2, -0.15) is 24.3 Å². The minimum Gasteiger partial charge on any atom is -0.165 e. The Labute approximate surface area is 611 Å². The van der Waals surface area contributed by atoms with Crippen molar-refractivity contribution in [3.8, 4) is 44.5 Å². The summed E-state index contributed by atoms with van der Waals surface area (Å²) in [4.78, 5) is 0. The average molecular weight is 1490 g/mol. The third-order valence-electron chi connectivity index (χ3n) is 16.5. The van der Waals surface area contributed by atoms with E-state index in [-0.39, 0.29) is 60.5 Å². The van der Waals surface area contributed by atoms with Crippen molar-refractivity contribution in [3.63, 3.8) is 0 Å². The summed E-state index contributed by atoms with van der Waals surface area (Å²) in [7, 11) is 0. The Balaban J connectivity index is 0.000000168. The Hall–Kier alpha value is -6.52. The van der Waals surface area contributed by atoms with Crippen LogP contribution in [0.1, 0.15) is 36.1 Å². The molecule has 0 unspecified atom stereocenters. The maximum atomic E-state index is 2.34. The summed E-state index contributed by atoms with van der Waals surface area (Å²) >= 11 is 3.48. The van der Waals surface area contributed by atoms with Crippen LogP contribution in [0.2, 0.25) is 26.2 Å². The van der Waals surface area contributed by atoms with E-state index in [1.54, 1.807) is 46.7 Å². The molecular formula is C86H80Cl4Si2Zr2. The summed E-state index contributed by atoms with van der Waals surface area (Å²) < 4.78 is 0. The van der Waals surface area contributed by atoms with E-state index in [1.807, 2.05) is 0 Å². The van der Waals surface area contributed by atoms with Crippen molar-refractivity contribution in [2.75, 3.05) is 0 Å². The van der Waals surface area contributed by atoms with Crippen molar-refractivity contribution in [1.82, 2.24) is 0 Å². The predicted molar refractivity (Wildman–Crippen MR) is 422 cm³/mol. The molecule has 468 valence electrons. The van der Waals surface area contributed by atoms with Gasteiger partial charge in [0, 0.05) is 0 Å². The Kier molecular flexibility index (Phi) is 28.2. The third-order valence-corrected chi connectivity index (χ3v) is 16.5. The fourth-order valence-electron chi connectivity index (χ4n) is 12.4. The maximum Gasteiger partial charge on any atom is -0.0178 e. The first-order valence-corrected chi connectivity index (χ1v) is 43.9. The topological polar surface area (TPSA) is 0 Å². The molecule has 16 rings (SSSR count). The summed E-state index contributed by atoms with van der Waals surface area (Å²) in [6.07, 6.45) is 2.17. The third kappa shape index (κ3) is 18.1. The molecule has 0 bridgehead atoms. The zero-order valence-electron chi connectivity index (χ0n) is 54.8. The molecular weight excluding hydrogens is 1410 g/mol. The van der Waals surface area contributed by atoms with Crippen LogP contribution in [0.25, 0.3) is 131 Å². The van der Waals surface area contributed by atoms with E-state index < -0.39 is 0 Å². The van der Waals surface area contributed by atoms with Gasteiger partial charge in [-0.05, 0) is 90.3 Å². The standard InChI is InChI=1S/2C21H17.2C20H15.2C2H6Si.4ClH.2Zr/c2*1-2-15-13-17-9-6-12-20(21(17)14-15)19-11-5-8-16-7-3-4-10-18(16)19;2*1-14-11-17-7-4-8-19(20(17)12-14)18-10-9-15-5-2-3-6-16(15)13-18;2*1-3-2;;;;;;/h2*3-14H,2H2,1H3;2*2-13H,1H3;2*1-2H3;4*1H;;/q4*-1;;;;;;;2*+2. The molecule has 0 saturated carbocycles. The number of rotatable bonds is 6. The van der Waals surface area contributed by atoms with Crippen molar-refractivity contribution in [1.29, 1.82) is 0 Å². The molecule has 0 aliphatic rings. The van der Waals surface area contributed by atoms with Gasteiger partial charge in [-0.25, -0.2) is 0 Å². The molecule has 0 aromatic heterocycles. The number of hydrogen-bond donors (Lipinski definition) is 0. The first-order valence-electron chi connectivity index (χ1n) is 31.5. The largest absolute Gasteiger partial charge is 0.165 e. The second-order valence-electron chi connectivity index (χ2n) is 23.9. The Morgan fingerprint density at radius 2 is 0.532 bits per heavy atom. The van der Waals surface area contributed by atoms with Gasteiger partial charge in [-0.1, -0.05) is 232 Å². The van der Waals surface area contributed by atoms with E-state index in [9.17, 15) is 0 Å². The van der Waals surface area contributed by atoms with Crippen molar-refractivity contribution in [2.24, 2.45) is 0 Å². The Morgan fingerprint density at radius 3 is 0.883 bits per heavy atom. The SMILES string of the molecule is CCc1cc2c(-c3cccc4ccccc34)cccc2[cH-]1.CCc1cc2c(-c3cccc4ccccc34)cccc2[cH-]1.C[Si](C)=[Zr+2].C[Si](C)=[Zr+2].Cc1cc2c(-c3ccc4ccccc4c3)cccc2[cH-]1.Cc1cc2c(-c3ccc4ccccc4c3)cccc2[cH-]1.Cl.Cl.Cl.Cl. The number of halogens is 4. The van der Waals surface area contributed by atoms with Crippen LogP contribution in [0.3, 0.4) is 0 Å². The maximum absolute atomic E-state index is 2.34. The van der Waals surface area contributed by atoms with Gasteiger partial charge in [0.25, 0.3) is 0 Å². The van der Waals surface area contributed by atoms with Gasteiger partial charge in [0.15, 0.2) is 0 Å². The molecule has 0 amide bonds. The molecule has 8 heteroatoms. The minimum absolute atomic E-state index is 0. The number of benzene rings is 12. The van der Waals surface area contributed by atoms with Crippen LogP contribution in [-0.4, -0.2) is 10.9 Å². The van der Waals surface area contributed by atoms with E-state index in [1.165, 1.54) is 153 Å². The van der Waals surface area contributed by atoms with Gasteiger partial charge < -0.3 is 0 Å². The molecule has 16 aromatic carbocycles. The molecule has 0 atom stereocenters. The zero-order valence-corrected chi connectivity index (χ0v) is 64.9. The molecule has 94 heavy (non-hydrogen) atoms. The summed E-state index contributed by atoms with van der Waals surface area (Å²) in [5.41, 5.74) is 16.5. The normalized spacial score (nSPS) is 10.4. The molecule has 0 N–H and O–H groups in total. The van der Waals surface area contributed by atoms with Crippen molar-refractivity contribution in [2.45, 2.75) is 66.7 Å². The fraction of sp³-hybridized carbons (Fsp3) is 0.116. The number of hydrogen-bond acceptors (Lipinski definition) is 0. The Morgan fingerprint density at radius 1 is 0.266 bits per heavy atom. The van der Waals surface area contributed by atoms with E-state index in [4.69, 9.17) is 0 Å². The molecule has 0 fully saturated rings. The molecule has 0 aliphatic heterocycles. The van der Waals surface area contributed by atoms with E-state index in [0.29, 0.717) is 0 Å². The Bertz CT molecular complexity index is 4850. The minimum atomic E-state index is 0. The van der Waals surface area contributed by atoms with Crippen molar-refractivity contribution in [3.05, 3.63) is 313 Å². The smallest absolute Gasteiger partial charge is 0.0178 e. The molecule has 0 saturated heterocycles. The first-order chi connectivity index (χ1) is 43.8. The van der Waals surface area contributed by atoms with Crippen LogP contribution < -0.4 is 0 Å². The average Bonchev–Trinajstić information content (AvgIpc) is 1.54. The van der Waals surface area contributed by atoms with Gasteiger partial charge in [-0.3, -0.25) is 0 Å². The zero-order chi connectivity index (χ0) is 62.7. The van der Waals surface area contributed by atoms with Gasteiger partial charge in [-0.15, -0.1) is 188 Å². The first kappa shape index (κ1) is 74.9. The van der Waals surface area contributed by atoms with Crippen LogP contribution in [0.15, 0.2) is 291 Å². The van der Waals surface area contributed by atoms with Crippen LogP contribution in [0.4, 0.5) is 0 Å². The van der Waals surface area contributed by atoms with Crippen LogP contribution in [0.5, 0.6) is 0 Å². The van der Waals surface area contributed by atoms with Crippen LogP contribution in [-0.2, 0) is 59.5 Å². The molecule has 16 aromatic rings. The quantitative estimate of drug-likeness (QED) is 0.115. The van der Waals surface area contributed by atoms with Gasteiger partial charge >= 0.3 is 83.7 Å². The molecule has 0 heterocycles. The fourth-order valence-corrected chi connectivity index (χ4v) is 12.4. The van der Waals surface area contributed by atoms with Crippen LogP contribution in [0, 0.1) is 13.8 Å². The van der Waals surface area contributed by atoms with Crippen molar-refractivity contribution >= 4 is 147 Å². The summed E-state index contributed by atoms with van der Waals surface area (Å²) in [6.45, 7) is 18.0. The van der Waals surface area contributed by atoms with E-state index in [0.717, 1.165) is 12.8 Å². The van der Waals surface area contributed by atoms with E-state index >= 15 is 0 Å².